The van der Waals surface area contributed by atoms with Crippen LogP contribution in [0.15, 0.2) is 30.7 Å². The van der Waals surface area contributed by atoms with E-state index in [1.54, 1.807) is 34.8 Å². The number of piperazine rings is 1. The maximum absolute atomic E-state index is 14.4. The van der Waals surface area contributed by atoms with Gasteiger partial charge in [-0.05, 0) is 33.3 Å². The summed E-state index contributed by atoms with van der Waals surface area (Å²) >= 11 is 0. The lowest BCUT2D eigenvalue weighted by atomic mass is 10.1. The zero-order valence-electron chi connectivity index (χ0n) is 19.3. The molecule has 0 unspecified atom stereocenters. The van der Waals surface area contributed by atoms with Crippen molar-refractivity contribution in [3.8, 4) is 0 Å². The Hall–Kier alpha value is -3.73. The van der Waals surface area contributed by atoms with Crippen molar-refractivity contribution < 1.29 is 19.1 Å². The first-order valence-corrected chi connectivity index (χ1v) is 11.1. The van der Waals surface area contributed by atoms with Gasteiger partial charge in [-0.15, -0.1) is 0 Å². The zero-order valence-corrected chi connectivity index (χ0v) is 19.3. The normalized spacial score (nSPS) is 19.4. The summed E-state index contributed by atoms with van der Waals surface area (Å²) in [6.07, 6.45) is 5.90. The first-order valence-electron chi connectivity index (χ1n) is 11.1. The maximum Gasteiger partial charge on any atom is 0.327 e. The molecule has 180 valence electrons. The number of urea groups is 1. The van der Waals surface area contributed by atoms with Crippen LogP contribution in [0.4, 0.5) is 26.4 Å². The minimum absolute atomic E-state index is 0.243. The fourth-order valence-electron chi connectivity index (χ4n) is 4.73. The topological polar surface area (TPSA) is 115 Å². The van der Waals surface area contributed by atoms with E-state index in [1.165, 1.54) is 6.07 Å². The smallest absolute Gasteiger partial charge is 0.327 e. The average molecular weight is 470 g/mol. The van der Waals surface area contributed by atoms with E-state index < -0.39 is 5.82 Å². The van der Waals surface area contributed by atoms with Crippen LogP contribution >= 0.6 is 0 Å². The van der Waals surface area contributed by atoms with E-state index in [-0.39, 0.29) is 18.2 Å². The molecule has 5 heterocycles. The van der Waals surface area contributed by atoms with Crippen LogP contribution < -0.4 is 20.4 Å². The van der Waals surface area contributed by atoms with Gasteiger partial charge < -0.3 is 25.0 Å². The molecule has 5 rings (SSSR count). The van der Waals surface area contributed by atoms with Crippen LogP contribution in [0.1, 0.15) is 25.1 Å². The molecule has 2 aliphatic heterocycles. The number of pyridine rings is 2. The Morgan fingerprint density at radius 1 is 1.29 bits per heavy atom. The molecule has 3 N–H and O–H groups in total. The van der Waals surface area contributed by atoms with E-state index in [4.69, 9.17) is 9.90 Å². The van der Waals surface area contributed by atoms with Crippen molar-refractivity contribution in [2.45, 2.75) is 39.3 Å². The van der Waals surface area contributed by atoms with Gasteiger partial charge in [0.25, 0.3) is 6.47 Å². The van der Waals surface area contributed by atoms with Gasteiger partial charge in [0.2, 0.25) is 0 Å². The fourth-order valence-corrected chi connectivity index (χ4v) is 4.73. The van der Waals surface area contributed by atoms with Gasteiger partial charge in [-0.3, -0.25) is 9.69 Å². The lowest BCUT2D eigenvalue weighted by Crippen LogP contribution is -2.54. The monoisotopic (exact) mass is 469 g/mol. The van der Waals surface area contributed by atoms with E-state index in [1.807, 2.05) is 6.07 Å². The summed E-state index contributed by atoms with van der Waals surface area (Å²) in [5, 5.41) is 13.3. The summed E-state index contributed by atoms with van der Waals surface area (Å²) in [5.41, 5.74) is 3.56. The highest BCUT2D eigenvalue weighted by Gasteiger charge is 2.31. The van der Waals surface area contributed by atoms with Crippen molar-refractivity contribution in [2.75, 3.05) is 34.8 Å². The molecular formula is C23H28FN7O3. The highest BCUT2D eigenvalue weighted by molar-refractivity contribution is 6.03. The summed E-state index contributed by atoms with van der Waals surface area (Å²) in [6, 6.07) is 3.80. The van der Waals surface area contributed by atoms with Crippen molar-refractivity contribution in [3.05, 3.63) is 47.8 Å². The van der Waals surface area contributed by atoms with E-state index in [9.17, 15) is 9.18 Å². The Kier molecular flexibility index (Phi) is 6.64. The number of carbonyl (C=O) groups is 2. The van der Waals surface area contributed by atoms with Gasteiger partial charge in [-0.1, -0.05) is 0 Å². The van der Waals surface area contributed by atoms with Gasteiger partial charge in [0, 0.05) is 67.6 Å². The van der Waals surface area contributed by atoms with Crippen LogP contribution in [-0.2, 0) is 11.2 Å². The number of carbonyl (C=O) groups excluding carboxylic acids is 1. The third-order valence-corrected chi connectivity index (χ3v) is 5.87. The molecule has 34 heavy (non-hydrogen) atoms. The number of carboxylic acid groups (broad SMARTS) is 1. The van der Waals surface area contributed by atoms with Gasteiger partial charge >= 0.3 is 6.03 Å². The number of rotatable bonds is 2. The second kappa shape index (κ2) is 9.64. The fraction of sp³-hybridized carbons (Fsp3) is 0.391. The lowest BCUT2D eigenvalue weighted by Gasteiger charge is -2.38. The second-order valence-electron chi connectivity index (χ2n) is 8.63. The Balaban J connectivity index is 0.000000868. The number of nitrogens with one attached hydrogen (secondary N) is 2. The first-order chi connectivity index (χ1) is 16.3. The summed E-state index contributed by atoms with van der Waals surface area (Å²) < 4.78 is 16.0. The molecule has 0 radical (unpaired) electrons. The number of halogens is 1. The average Bonchev–Trinajstić information content (AvgIpc) is 3.37. The van der Waals surface area contributed by atoms with Crippen LogP contribution in [0, 0.1) is 12.7 Å². The van der Waals surface area contributed by atoms with Crippen LogP contribution in [0.5, 0.6) is 0 Å². The number of aromatic nitrogens is 3. The van der Waals surface area contributed by atoms with E-state index in [2.05, 4.69) is 39.3 Å². The van der Waals surface area contributed by atoms with E-state index in [0.29, 0.717) is 35.8 Å². The summed E-state index contributed by atoms with van der Waals surface area (Å²) in [5.74, 6) is 0.198. The number of imidazole rings is 1. The molecule has 2 aliphatic rings. The summed E-state index contributed by atoms with van der Waals surface area (Å²) in [4.78, 5) is 34.0. The molecule has 3 aromatic heterocycles. The highest BCUT2D eigenvalue weighted by atomic mass is 19.1. The van der Waals surface area contributed by atoms with Crippen LogP contribution in [-0.4, -0.2) is 63.7 Å². The molecule has 11 heteroatoms. The second-order valence-corrected chi connectivity index (χ2v) is 8.63. The number of nitrogens with zero attached hydrogens (tertiary/aromatic N) is 5. The van der Waals surface area contributed by atoms with Crippen LogP contribution in [0.2, 0.25) is 0 Å². The number of aryl methyl sites for hydroxylation is 1. The Morgan fingerprint density at radius 3 is 2.71 bits per heavy atom. The SMILES string of the molecule is Cc1cn2cc(NC(=O)N3CCc4c(N5C[C@@H](C)N[C@@H](C)C5)ccnc43)cc(F)c2n1.O=CO. The predicted octanol–water partition coefficient (Wildman–Crippen LogP) is 2.66. The molecule has 0 aliphatic carbocycles. The molecule has 0 aromatic carbocycles. The Bertz CT molecular complexity index is 1200. The number of fused-ring (bicyclic) bond motifs is 2. The lowest BCUT2D eigenvalue weighted by molar-refractivity contribution is -0.122. The van der Waals surface area contributed by atoms with Gasteiger partial charge in [-0.25, -0.2) is 19.2 Å². The molecule has 0 bridgehead atoms. The molecule has 0 saturated carbocycles. The number of hydrogen-bond donors (Lipinski definition) is 3. The number of amides is 2. The van der Waals surface area contributed by atoms with Crippen molar-refractivity contribution in [1.29, 1.82) is 0 Å². The maximum atomic E-state index is 14.4. The highest BCUT2D eigenvalue weighted by Crippen LogP contribution is 2.35. The Morgan fingerprint density at radius 2 is 2.00 bits per heavy atom. The molecule has 0 spiro atoms. The van der Waals surface area contributed by atoms with Gasteiger partial charge in [-0.2, -0.15) is 0 Å². The van der Waals surface area contributed by atoms with Gasteiger partial charge in [0.15, 0.2) is 11.5 Å². The quantitative estimate of drug-likeness (QED) is 0.494. The van der Waals surface area contributed by atoms with E-state index in [0.717, 1.165) is 30.8 Å². The molecule has 2 atom stereocenters. The number of anilines is 3. The molecular weight excluding hydrogens is 441 g/mol. The molecule has 3 aromatic rings. The van der Waals surface area contributed by atoms with Crippen molar-refractivity contribution in [1.82, 2.24) is 19.7 Å². The van der Waals surface area contributed by atoms with Crippen molar-refractivity contribution >= 4 is 35.3 Å². The van der Waals surface area contributed by atoms with Gasteiger partial charge in [0.1, 0.15) is 5.82 Å². The number of hydrogen-bond acceptors (Lipinski definition) is 6. The molecule has 2 amide bonds. The third-order valence-electron chi connectivity index (χ3n) is 5.87. The minimum atomic E-state index is -0.477. The zero-order chi connectivity index (χ0) is 24.4. The van der Waals surface area contributed by atoms with Crippen molar-refractivity contribution in [2.24, 2.45) is 0 Å². The minimum Gasteiger partial charge on any atom is -0.483 e. The van der Waals surface area contributed by atoms with Gasteiger partial charge in [0.05, 0.1) is 11.4 Å². The molecule has 10 nitrogen and oxygen atoms in total. The first kappa shape index (κ1) is 23.4. The summed E-state index contributed by atoms with van der Waals surface area (Å²) in [7, 11) is 0. The van der Waals surface area contributed by atoms with Crippen LogP contribution in [0.3, 0.4) is 0 Å². The third kappa shape index (κ3) is 4.65. The Labute approximate surface area is 196 Å². The summed E-state index contributed by atoms with van der Waals surface area (Å²) in [6.45, 7) is 8.28. The standard InChI is InChI=1S/C22H26FN7O.CH2O2/c1-13-9-28(10-14(2)25-13)19-4-6-24-20-17(19)5-7-30(20)22(31)27-16-8-18(23)21-26-15(3)11-29(21)12-16;2-1-3/h4,6,8,11-14,25H,5,7,9-10H2,1-3H3,(H,27,31);1H,(H,2,3)/t13-,14+;. The molecule has 1 saturated heterocycles. The van der Waals surface area contributed by atoms with Crippen molar-refractivity contribution in [3.63, 3.8) is 0 Å². The predicted molar refractivity (Wildman–Crippen MR) is 127 cm³/mol. The van der Waals surface area contributed by atoms with E-state index >= 15 is 0 Å². The largest absolute Gasteiger partial charge is 0.483 e. The molecule has 1 fully saturated rings. The van der Waals surface area contributed by atoms with Crippen LogP contribution in [0.25, 0.3) is 5.65 Å².